The molecule has 1 aliphatic heterocycles. The van der Waals surface area contributed by atoms with E-state index < -0.39 is 40.5 Å². The van der Waals surface area contributed by atoms with E-state index in [0.717, 1.165) is 33.8 Å². The van der Waals surface area contributed by atoms with Crippen LogP contribution in [-0.4, -0.2) is 61.7 Å². The summed E-state index contributed by atoms with van der Waals surface area (Å²) < 4.78 is 10.2. The maximum Gasteiger partial charge on any atom is 0.341 e. The van der Waals surface area contributed by atoms with Gasteiger partial charge < -0.3 is 9.47 Å². The Balaban J connectivity index is 1.40. The summed E-state index contributed by atoms with van der Waals surface area (Å²) in [7, 11) is -0.514. The number of amidine groups is 1. The molecule has 1 aliphatic rings. The van der Waals surface area contributed by atoms with Crippen LogP contribution in [0.4, 0.5) is 5.69 Å². The van der Waals surface area contributed by atoms with Gasteiger partial charge >= 0.3 is 11.9 Å². The van der Waals surface area contributed by atoms with Crippen LogP contribution in [0.25, 0.3) is 22.5 Å². The number of benzene rings is 3. The number of hydrogen-bond acceptors (Lipinski definition) is 9. The second kappa shape index (κ2) is 13.3. The van der Waals surface area contributed by atoms with Crippen LogP contribution in [0.1, 0.15) is 54.8 Å². The quantitative estimate of drug-likeness (QED) is 0.152. The Morgan fingerprint density at radius 1 is 0.911 bits per heavy atom. The summed E-state index contributed by atoms with van der Waals surface area (Å²) in [6.45, 7) is 6.55. The fraction of sp³-hybridized carbons (Fsp3) is 0.250. The molecular weight excluding hydrogens is 594 g/mol. The first-order valence-corrected chi connectivity index (χ1v) is 15.8. The normalized spacial score (nSPS) is 15.8. The highest BCUT2D eigenvalue weighted by atomic mass is 32.2. The Kier molecular flexibility index (Phi) is 9.30. The van der Waals surface area contributed by atoms with Gasteiger partial charge in [-0.05, 0) is 79.3 Å². The number of carbonyl (C=O) groups is 3. The molecule has 0 fully saturated rings. The molecule has 232 valence electrons. The summed E-state index contributed by atoms with van der Waals surface area (Å²) in [5.74, 6) is -1.34. The minimum Gasteiger partial charge on any atom is -0.427 e. The zero-order valence-corrected chi connectivity index (χ0v) is 26.3. The summed E-state index contributed by atoms with van der Waals surface area (Å²) >= 11 is 0. The highest BCUT2D eigenvalue weighted by Gasteiger charge is 2.28. The number of rotatable bonds is 8. The lowest BCUT2D eigenvalue weighted by atomic mass is 9.98. The summed E-state index contributed by atoms with van der Waals surface area (Å²) in [6.07, 6.45) is 2.73. The molecule has 0 spiro atoms. The molecule has 0 bridgehead atoms. The first-order chi connectivity index (χ1) is 21.6. The highest BCUT2D eigenvalue weighted by Crippen LogP contribution is 2.33. The van der Waals surface area contributed by atoms with E-state index in [1.54, 1.807) is 37.9 Å². The molecule has 12 nitrogen and oxygen atoms in total. The Morgan fingerprint density at radius 2 is 1.58 bits per heavy atom. The van der Waals surface area contributed by atoms with Gasteiger partial charge in [-0.25, -0.2) is 14.9 Å². The second-order valence-corrected chi connectivity index (χ2v) is 12.9. The monoisotopic (exact) mass is 627 g/mol. The predicted molar refractivity (Wildman–Crippen MR) is 174 cm³/mol. The molecule has 1 amide bonds. The van der Waals surface area contributed by atoms with Crippen molar-refractivity contribution in [3.63, 3.8) is 0 Å². The first kappa shape index (κ1) is 31.4. The number of H-pyrrole nitrogens is 1. The Morgan fingerprint density at radius 3 is 2.22 bits per heavy atom. The van der Waals surface area contributed by atoms with Crippen molar-refractivity contribution in [2.24, 2.45) is 10.4 Å². The van der Waals surface area contributed by atoms with Gasteiger partial charge in [0.1, 0.15) is 0 Å². The van der Waals surface area contributed by atoms with Crippen LogP contribution < -0.4 is 10.4 Å². The molecule has 4 aromatic rings. The van der Waals surface area contributed by atoms with Gasteiger partial charge in [0.25, 0.3) is 5.91 Å². The number of tetrazole rings is 1. The number of anilines is 1. The van der Waals surface area contributed by atoms with Gasteiger partial charge in [-0.1, -0.05) is 55.5 Å². The van der Waals surface area contributed by atoms with Crippen molar-refractivity contribution in [3.05, 3.63) is 83.9 Å². The number of amides is 1. The number of nitrogens with zero attached hydrogens (tertiary/aromatic N) is 5. The van der Waals surface area contributed by atoms with Gasteiger partial charge in [0.15, 0.2) is 11.0 Å². The maximum atomic E-state index is 13.6. The first-order valence-electron chi connectivity index (χ1n) is 14.2. The van der Waals surface area contributed by atoms with Gasteiger partial charge in [0.2, 0.25) is 6.79 Å². The Labute approximate surface area is 262 Å². The second-order valence-electron chi connectivity index (χ2n) is 11.1. The van der Waals surface area contributed by atoms with Crippen LogP contribution in [0.2, 0.25) is 0 Å². The lowest BCUT2D eigenvalue weighted by molar-refractivity contribution is -0.161. The lowest BCUT2D eigenvalue weighted by Crippen LogP contribution is -2.39. The van der Waals surface area contributed by atoms with Gasteiger partial charge in [0, 0.05) is 10.6 Å². The maximum absolute atomic E-state index is 13.6. The number of esters is 2. The minimum absolute atomic E-state index is 0.0248. The molecular formula is C32H33N7O5S. The van der Waals surface area contributed by atoms with Crippen LogP contribution in [0.15, 0.2) is 77.8 Å². The van der Waals surface area contributed by atoms with Crippen LogP contribution in [0, 0.1) is 5.41 Å². The van der Waals surface area contributed by atoms with Crippen molar-refractivity contribution >= 4 is 44.2 Å². The van der Waals surface area contributed by atoms with Crippen LogP contribution in [0.3, 0.4) is 0 Å². The number of ether oxygens (including phenoxy) is 2. The minimum atomic E-state index is -0.796. The van der Waals surface area contributed by atoms with Crippen molar-refractivity contribution in [1.29, 1.82) is 0 Å². The van der Waals surface area contributed by atoms with Crippen LogP contribution in [0.5, 0.6) is 0 Å². The Bertz CT molecular complexity index is 1800. The standard InChI is InChI=1S/C32H33N7O5S/c1-6-26-36-39(21-17-15-20(16-18-21)22-11-7-8-12-23(22)27-34-37-38-35-27)31(45(26)5)33-28(40)24-13-9-10-14-25(24)29(41)43-19-44-30(42)32(2,3)4/h7-18,36H,6,19H2,1-5H3,(H,34,35,37,38). The Hall–Kier alpha value is -5.01. The number of nitrogens with one attached hydrogen (secondary N) is 2. The largest absolute Gasteiger partial charge is 0.427 e. The van der Waals surface area contributed by atoms with E-state index in [4.69, 9.17) is 9.47 Å². The van der Waals surface area contributed by atoms with Gasteiger partial charge in [0.05, 0.1) is 22.2 Å². The third kappa shape index (κ3) is 6.89. The van der Waals surface area contributed by atoms with Gasteiger partial charge in [-0.3, -0.25) is 9.59 Å². The zero-order valence-electron chi connectivity index (χ0n) is 25.5. The van der Waals surface area contributed by atoms with Crippen molar-refractivity contribution < 1.29 is 23.9 Å². The molecule has 0 saturated carbocycles. The third-order valence-corrected chi connectivity index (χ3v) is 8.86. The van der Waals surface area contributed by atoms with E-state index in [1.165, 1.54) is 12.1 Å². The van der Waals surface area contributed by atoms with Crippen molar-refractivity contribution in [2.45, 2.75) is 34.1 Å². The molecule has 1 atom stereocenters. The number of aromatic nitrogens is 4. The molecule has 13 heteroatoms. The molecule has 45 heavy (non-hydrogen) atoms. The van der Waals surface area contributed by atoms with Crippen molar-refractivity contribution in [2.75, 3.05) is 18.1 Å². The SMILES string of the molecule is CCC1=S(C)C(=NC(=O)c2ccccc2C(=O)OCOC(=O)C(C)(C)C)N(c2ccc(-c3ccccc3-c3nnn[nH]3)cc2)N1. The molecule has 3 aromatic carbocycles. The summed E-state index contributed by atoms with van der Waals surface area (Å²) in [5.41, 5.74) is 6.31. The van der Waals surface area contributed by atoms with E-state index in [2.05, 4.69) is 31.0 Å². The van der Waals surface area contributed by atoms with Gasteiger partial charge in [-0.2, -0.15) is 10.4 Å². The zero-order chi connectivity index (χ0) is 32.1. The molecule has 2 heterocycles. The van der Waals surface area contributed by atoms with Crippen LogP contribution >= 0.6 is 10.5 Å². The number of hydrazine groups is 1. The average Bonchev–Trinajstić information content (AvgIpc) is 3.69. The smallest absolute Gasteiger partial charge is 0.341 e. The van der Waals surface area contributed by atoms with Crippen molar-refractivity contribution in [1.82, 2.24) is 26.0 Å². The molecule has 0 radical (unpaired) electrons. The van der Waals surface area contributed by atoms with E-state index in [-0.39, 0.29) is 11.1 Å². The molecule has 2 N–H and O–H groups in total. The molecule has 0 saturated heterocycles. The predicted octanol–water partition coefficient (Wildman–Crippen LogP) is 5.20. The third-order valence-electron chi connectivity index (χ3n) is 6.92. The summed E-state index contributed by atoms with van der Waals surface area (Å²) in [4.78, 5) is 44.0. The van der Waals surface area contributed by atoms with Gasteiger partial charge in [-0.15, -0.1) is 15.6 Å². The van der Waals surface area contributed by atoms with Crippen molar-refractivity contribution in [3.8, 4) is 22.5 Å². The van der Waals surface area contributed by atoms with E-state index in [9.17, 15) is 14.4 Å². The molecule has 0 aliphatic carbocycles. The fourth-order valence-corrected chi connectivity index (χ4v) is 6.03. The van der Waals surface area contributed by atoms with Crippen LogP contribution in [-0.2, 0) is 14.3 Å². The number of aromatic amines is 1. The average molecular weight is 628 g/mol. The number of hydrogen-bond donors (Lipinski definition) is 2. The summed E-state index contributed by atoms with van der Waals surface area (Å²) in [5, 5.41) is 16.6. The fourth-order valence-electron chi connectivity index (χ4n) is 4.51. The lowest BCUT2D eigenvalue weighted by Gasteiger charge is -2.20. The molecule has 1 aromatic heterocycles. The highest BCUT2D eigenvalue weighted by molar-refractivity contribution is 8.28. The van der Waals surface area contributed by atoms with E-state index in [0.29, 0.717) is 11.0 Å². The molecule has 5 rings (SSSR count). The molecule has 1 unspecified atom stereocenters. The van der Waals surface area contributed by atoms with E-state index in [1.807, 2.05) is 61.7 Å². The summed E-state index contributed by atoms with van der Waals surface area (Å²) in [6, 6.07) is 21.9. The number of carbonyl (C=O) groups excluding carboxylic acids is 3. The number of aliphatic imine (C=N–C) groups is 1. The topological polar surface area (TPSA) is 152 Å². The van der Waals surface area contributed by atoms with E-state index >= 15 is 0 Å².